The maximum atomic E-state index is 5.81. The summed E-state index contributed by atoms with van der Waals surface area (Å²) < 4.78 is 22.6. The maximum absolute atomic E-state index is 5.81. The molecule has 1 atom stereocenters. The first-order valence-corrected chi connectivity index (χ1v) is 8.77. The fraction of sp³-hybridized carbons (Fsp3) is 1.00. The van der Waals surface area contributed by atoms with Crippen molar-refractivity contribution in [3.63, 3.8) is 0 Å². The van der Waals surface area contributed by atoms with Gasteiger partial charge in [0.15, 0.2) is 0 Å². The van der Waals surface area contributed by atoms with Crippen LogP contribution in [0.25, 0.3) is 0 Å². The number of hydrogen-bond donors (Lipinski definition) is 2. The zero-order valence-corrected chi connectivity index (χ0v) is 13.5. The van der Waals surface area contributed by atoms with Gasteiger partial charge in [-0.1, -0.05) is 0 Å². The second-order valence-corrected chi connectivity index (χ2v) is 6.27. The van der Waals surface area contributed by atoms with Gasteiger partial charge in [0.2, 0.25) is 0 Å². The molecule has 0 saturated carbocycles. The van der Waals surface area contributed by atoms with Crippen molar-refractivity contribution in [3.8, 4) is 0 Å². The Kier molecular flexibility index (Phi) is 11.8. The molecule has 4 N–H and O–H groups in total. The molecule has 116 valence electrons. The topological polar surface area (TPSA) is 89.0 Å². The van der Waals surface area contributed by atoms with Gasteiger partial charge in [-0.25, -0.2) is 0 Å². The van der Waals surface area contributed by atoms with E-state index in [0.29, 0.717) is 45.4 Å². The van der Waals surface area contributed by atoms with E-state index in [0.717, 1.165) is 12.8 Å². The summed E-state index contributed by atoms with van der Waals surface area (Å²) in [5.41, 5.74) is 11.2. The molecule has 0 bridgehead atoms. The molecule has 7 heteroatoms. The van der Waals surface area contributed by atoms with Gasteiger partial charge in [0.1, 0.15) is 0 Å². The third kappa shape index (κ3) is 7.98. The van der Waals surface area contributed by atoms with Crippen LogP contribution in [-0.2, 0) is 17.7 Å². The molecule has 0 fully saturated rings. The van der Waals surface area contributed by atoms with Gasteiger partial charge < -0.3 is 29.2 Å². The van der Waals surface area contributed by atoms with Crippen molar-refractivity contribution < 1.29 is 17.7 Å². The molecule has 0 amide bonds. The van der Waals surface area contributed by atoms with E-state index in [1.165, 1.54) is 0 Å². The lowest BCUT2D eigenvalue weighted by atomic mass is 10.0. The molecule has 0 spiro atoms. The zero-order valence-electron chi connectivity index (χ0n) is 12.5. The lowest BCUT2D eigenvalue weighted by Gasteiger charge is -2.27. The van der Waals surface area contributed by atoms with E-state index < -0.39 is 9.05 Å². The number of hydrogen-bond acceptors (Lipinski definition) is 6. The van der Waals surface area contributed by atoms with Gasteiger partial charge in [-0.2, -0.15) is 0 Å². The highest BCUT2D eigenvalue weighted by atomic mass is 28.4. The van der Waals surface area contributed by atoms with Crippen molar-refractivity contribution in [1.29, 1.82) is 0 Å². The van der Waals surface area contributed by atoms with Gasteiger partial charge in [0.05, 0.1) is 0 Å². The van der Waals surface area contributed by atoms with Gasteiger partial charge in [0.25, 0.3) is 0 Å². The van der Waals surface area contributed by atoms with Gasteiger partial charge in [-0.05, 0) is 52.6 Å². The Hall–Kier alpha value is -0.0231. The largest absolute Gasteiger partial charge is 0.679 e. The lowest BCUT2D eigenvalue weighted by Crippen LogP contribution is -2.49. The molecule has 0 rings (SSSR count). The molecule has 0 radical (unpaired) electrons. The van der Waals surface area contributed by atoms with Crippen LogP contribution in [0.4, 0.5) is 0 Å². The van der Waals surface area contributed by atoms with Crippen molar-refractivity contribution >= 4 is 9.05 Å². The summed E-state index contributed by atoms with van der Waals surface area (Å²) in [5, 5.41) is 0. The highest BCUT2D eigenvalue weighted by Crippen LogP contribution is 2.14. The van der Waals surface area contributed by atoms with E-state index in [4.69, 9.17) is 29.2 Å². The zero-order chi connectivity index (χ0) is 14.6. The lowest BCUT2D eigenvalue weighted by molar-refractivity contribution is -0.0295. The van der Waals surface area contributed by atoms with E-state index >= 15 is 0 Å². The predicted octanol–water partition coefficient (Wildman–Crippen LogP) is 0.862. The minimum atomic E-state index is -2.97. The van der Waals surface area contributed by atoms with Gasteiger partial charge >= 0.3 is 9.05 Å². The third-order valence-corrected chi connectivity index (χ3v) is 5.16. The van der Waals surface area contributed by atoms with Crippen molar-refractivity contribution in [1.82, 2.24) is 0 Å². The van der Waals surface area contributed by atoms with E-state index in [1.807, 2.05) is 20.8 Å². The molecule has 0 aromatic rings. The van der Waals surface area contributed by atoms with Crippen molar-refractivity contribution in [3.05, 3.63) is 0 Å². The van der Waals surface area contributed by atoms with Crippen LogP contribution in [0.15, 0.2) is 0 Å². The number of rotatable bonds is 13. The summed E-state index contributed by atoms with van der Waals surface area (Å²) >= 11 is 0. The highest BCUT2D eigenvalue weighted by molar-refractivity contribution is 6.53. The first kappa shape index (κ1) is 19.0. The van der Waals surface area contributed by atoms with Crippen LogP contribution in [0.3, 0.4) is 0 Å². The first-order valence-electron chi connectivity index (χ1n) is 7.13. The number of nitrogens with two attached hydrogens (primary N) is 2. The van der Waals surface area contributed by atoms with E-state index in [-0.39, 0.29) is 0 Å². The quantitative estimate of drug-likeness (QED) is 0.490. The van der Waals surface area contributed by atoms with Crippen LogP contribution < -0.4 is 11.5 Å². The fourth-order valence-corrected chi connectivity index (χ4v) is 3.68. The normalized spacial score (nSPS) is 13.7. The van der Waals surface area contributed by atoms with Gasteiger partial charge in [-0.3, -0.25) is 0 Å². The van der Waals surface area contributed by atoms with Crippen LogP contribution in [-0.4, -0.2) is 48.6 Å². The van der Waals surface area contributed by atoms with Crippen LogP contribution in [0.2, 0.25) is 0 Å². The standard InChI is InChI=1S/C12H30N2O4Si/c1-4-15-19(16-5-2,17-6-3)18-10-8-12(11-14)7-9-13/h12H,4-11,13-14H2,1-3H3. The molecule has 0 aliphatic heterocycles. The molecule has 0 aromatic carbocycles. The van der Waals surface area contributed by atoms with Crippen molar-refractivity contribution in [2.24, 2.45) is 17.4 Å². The van der Waals surface area contributed by atoms with Gasteiger partial charge in [-0.15, -0.1) is 0 Å². The average molecular weight is 294 g/mol. The van der Waals surface area contributed by atoms with Crippen LogP contribution in [0, 0.1) is 5.92 Å². The summed E-state index contributed by atoms with van der Waals surface area (Å²) in [7, 11) is -2.97. The molecule has 0 aliphatic carbocycles. The first-order chi connectivity index (χ1) is 9.17. The van der Waals surface area contributed by atoms with Crippen LogP contribution in [0.5, 0.6) is 0 Å². The van der Waals surface area contributed by atoms with Crippen molar-refractivity contribution in [2.45, 2.75) is 33.6 Å². The average Bonchev–Trinajstić information content (AvgIpc) is 2.38. The van der Waals surface area contributed by atoms with Crippen LogP contribution >= 0.6 is 0 Å². The molecule has 0 aliphatic rings. The van der Waals surface area contributed by atoms with Gasteiger partial charge in [0, 0.05) is 26.4 Å². The minimum Gasteiger partial charge on any atom is -0.351 e. The Morgan fingerprint density at radius 2 is 1.37 bits per heavy atom. The Bertz CT molecular complexity index is 193. The third-order valence-electron chi connectivity index (χ3n) is 2.68. The second-order valence-electron chi connectivity index (χ2n) is 4.12. The molecule has 0 aromatic heterocycles. The SMILES string of the molecule is CCO[Si](OCC)(OCC)OCCC(CN)CCN. The summed E-state index contributed by atoms with van der Waals surface area (Å²) in [6.45, 7) is 9.02. The summed E-state index contributed by atoms with van der Waals surface area (Å²) in [6, 6.07) is 0. The van der Waals surface area contributed by atoms with Crippen molar-refractivity contribution in [2.75, 3.05) is 39.5 Å². The molecule has 1 unspecified atom stereocenters. The summed E-state index contributed by atoms with van der Waals surface area (Å²) in [5.74, 6) is 0.376. The molecule has 6 nitrogen and oxygen atoms in total. The monoisotopic (exact) mass is 294 g/mol. The Morgan fingerprint density at radius 1 is 0.842 bits per heavy atom. The molecular weight excluding hydrogens is 264 g/mol. The van der Waals surface area contributed by atoms with E-state index in [1.54, 1.807) is 0 Å². The maximum Gasteiger partial charge on any atom is 0.679 e. The van der Waals surface area contributed by atoms with E-state index in [2.05, 4.69) is 0 Å². The molecule has 19 heavy (non-hydrogen) atoms. The minimum absolute atomic E-state index is 0.376. The van der Waals surface area contributed by atoms with E-state index in [9.17, 15) is 0 Å². The smallest absolute Gasteiger partial charge is 0.351 e. The fourth-order valence-electron chi connectivity index (χ4n) is 1.75. The highest BCUT2D eigenvalue weighted by Gasteiger charge is 2.44. The Morgan fingerprint density at radius 3 is 1.74 bits per heavy atom. The summed E-state index contributed by atoms with van der Waals surface area (Å²) in [4.78, 5) is 0. The molecular formula is C12H30N2O4Si. The second kappa shape index (κ2) is 11.8. The summed E-state index contributed by atoms with van der Waals surface area (Å²) in [6.07, 6.45) is 1.75. The Balaban J connectivity index is 4.29. The van der Waals surface area contributed by atoms with Crippen LogP contribution in [0.1, 0.15) is 33.6 Å². The predicted molar refractivity (Wildman–Crippen MR) is 77.4 cm³/mol. The molecule has 0 saturated heterocycles. The molecule has 0 heterocycles. The Labute approximate surface area is 118 Å².